The van der Waals surface area contributed by atoms with Crippen molar-refractivity contribution in [2.75, 3.05) is 18.4 Å². The van der Waals surface area contributed by atoms with Crippen LogP contribution in [-0.2, 0) is 21.2 Å². The van der Waals surface area contributed by atoms with E-state index in [1.807, 2.05) is 0 Å². The maximum atomic E-state index is 11.7. The summed E-state index contributed by atoms with van der Waals surface area (Å²) < 4.78 is 22.3. The minimum Gasteiger partial charge on any atom is -0.356 e. The van der Waals surface area contributed by atoms with Gasteiger partial charge in [-0.05, 0) is 30.2 Å². The second-order valence-electron chi connectivity index (χ2n) is 5.04. The standard InChI is InChI=1S/C15H19N5O3S/c16-24(22,23)13-4-2-12(3-5-13)6-10-17-14(21)7-11-20-15-18-8-1-9-19-15/h1-5,8-9H,6-7,10-11H2,(H,17,21)(H2,16,22,23)(H,18,19,20). The van der Waals surface area contributed by atoms with Gasteiger partial charge in [0.25, 0.3) is 0 Å². The molecular weight excluding hydrogens is 330 g/mol. The molecule has 0 aliphatic heterocycles. The van der Waals surface area contributed by atoms with Crippen molar-refractivity contribution in [2.45, 2.75) is 17.7 Å². The predicted molar refractivity (Wildman–Crippen MR) is 89.7 cm³/mol. The molecular formula is C15H19N5O3S. The zero-order valence-corrected chi connectivity index (χ0v) is 13.8. The van der Waals surface area contributed by atoms with Gasteiger partial charge in [-0.3, -0.25) is 4.79 Å². The van der Waals surface area contributed by atoms with Gasteiger partial charge in [0, 0.05) is 31.9 Å². The van der Waals surface area contributed by atoms with Gasteiger partial charge in [0.15, 0.2) is 0 Å². The maximum absolute atomic E-state index is 11.7. The van der Waals surface area contributed by atoms with Crippen LogP contribution in [0.1, 0.15) is 12.0 Å². The van der Waals surface area contributed by atoms with E-state index in [1.54, 1.807) is 30.6 Å². The lowest BCUT2D eigenvalue weighted by Crippen LogP contribution is -2.27. The topological polar surface area (TPSA) is 127 Å². The van der Waals surface area contributed by atoms with Gasteiger partial charge in [0.05, 0.1) is 4.90 Å². The summed E-state index contributed by atoms with van der Waals surface area (Å²) >= 11 is 0. The fourth-order valence-corrected chi connectivity index (χ4v) is 2.47. The SMILES string of the molecule is NS(=O)(=O)c1ccc(CCNC(=O)CCNc2ncccn2)cc1. The number of hydrogen-bond acceptors (Lipinski definition) is 6. The predicted octanol–water partition coefficient (Wildman–Crippen LogP) is 0.285. The molecule has 0 fully saturated rings. The van der Waals surface area contributed by atoms with E-state index in [0.717, 1.165) is 5.56 Å². The molecule has 1 heterocycles. The van der Waals surface area contributed by atoms with Gasteiger partial charge < -0.3 is 10.6 Å². The number of sulfonamides is 1. The summed E-state index contributed by atoms with van der Waals surface area (Å²) in [5, 5.41) is 10.8. The zero-order valence-electron chi connectivity index (χ0n) is 13.0. The van der Waals surface area contributed by atoms with E-state index in [1.165, 1.54) is 12.1 Å². The normalized spacial score (nSPS) is 11.0. The van der Waals surface area contributed by atoms with Crippen molar-refractivity contribution in [2.24, 2.45) is 5.14 Å². The first-order valence-electron chi connectivity index (χ1n) is 7.34. The Morgan fingerprint density at radius 3 is 2.38 bits per heavy atom. The Kier molecular flexibility index (Phi) is 6.21. The lowest BCUT2D eigenvalue weighted by Gasteiger charge is -2.07. The molecule has 1 amide bonds. The Morgan fingerprint density at radius 2 is 1.75 bits per heavy atom. The Balaban J connectivity index is 1.67. The van der Waals surface area contributed by atoms with E-state index >= 15 is 0 Å². The van der Waals surface area contributed by atoms with Crippen molar-refractivity contribution in [3.63, 3.8) is 0 Å². The molecule has 0 radical (unpaired) electrons. The summed E-state index contributed by atoms with van der Waals surface area (Å²) in [5.41, 5.74) is 0.915. The molecule has 0 aliphatic rings. The zero-order chi connectivity index (χ0) is 17.4. The summed E-state index contributed by atoms with van der Waals surface area (Å²) in [6.45, 7) is 0.911. The Hall–Kier alpha value is -2.52. The first kappa shape index (κ1) is 17.8. The summed E-state index contributed by atoms with van der Waals surface area (Å²) in [6, 6.07) is 7.99. The molecule has 4 N–H and O–H groups in total. The quantitative estimate of drug-likeness (QED) is 0.628. The van der Waals surface area contributed by atoms with Crippen LogP contribution in [0.4, 0.5) is 5.95 Å². The van der Waals surface area contributed by atoms with Crippen LogP contribution >= 0.6 is 0 Å². The van der Waals surface area contributed by atoms with Crippen LogP contribution in [0.5, 0.6) is 0 Å². The third-order valence-electron chi connectivity index (χ3n) is 3.19. The summed E-state index contributed by atoms with van der Waals surface area (Å²) in [7, 11) is -3.67. The van der Waals surface area contributed by atoms with Crippen LogP contribution in [0.25, 0.3) is 0 Å². The van der Waals surface area contributed by atoms with Crippen LogP contribution in [0.3, 0.4) is 0 Å². The van der Waals surface area contributed by atoms with Gasteiger partial charge in [-0.2, -0.15) is 0 Å². The van der Waals surface area contributed by atoms with E-state index in [2.05, 4.69) is 20.6 Å². The summed E-state index contributed by atoms with van der Waals surface area (Å²) in [6.07, 6.45) is 4.15. The van der Waals surface area contributed by atoms with E-state index in [4.69, 9.17) is 5.14 Å². The van der Waals surface area contributed by atoms with Crippen molar-refractivity contribution in [3.05, 3.63) is 48.3 Å². The number of nitrogens with two attached hydrogens (primary N) is 1. The number of carbonyl (C=O) groups is 1. The van der Waals surface area contributed by atoms with Gasteiger partial charge in [-0.25, -0.2) is 23.5 Å². The van der Waals surface area contributed by atoms with Crippen molar-refractivity contribution < 1.29 is 13.2 Å². The Bertz CT molecular complexity index is 763. The van der Waals surface area contributed by atoms with Crippen LogP contribution in [0.15, 0.2) is 47.6 Å². The number of nitrogens with one attached hydrogen (secondary N) is 2. The number of amides is 1. The number of benzene rings is 1. The highest BCUT2D eigenvalue weighted by atomic mass is 32.2. The summed E-state index contributed by atoms with van der Waals surface area (Å²) in [4.78, 5) is 19.8. The van der Waals surface area contributed by atoms with Gasteiger partial charge in [0.1, 0.15) is 0 Å². The molecule has 0 bridgehead atoms. The molecule has 0 spiro atoms. The molecule has 0 aliphatic carbocycles. The highest BCUT2D eigenvalue weighted by Gasteiger charge is 2.07. The Labute approximate surface area is 140 Å². The number of rotatable bonds is 8. The van der Waals surface area contributed by atoms with Crippen LogP contribution in [0.2, 0.25) is 0 Å². The average Bonchev–Trinajstić information content (AvgIpc) is 2.55. The number of carbonyl (C=O) groups excluding carboxylic acids is 1. The van der Waals surface area contributed by atoms with Crippen molar-refractivity contribution >= 4 is 21.9 Å². The third kappa shape index (κ3) is 5.94. The minimum atomic E-state index is -3.67. The number of anilines is 1. The smallest absolute Gasteiger partial charge is 0.238 e. The second-order valence-corrected chi connectivity index (χ2v) is 6.60. The largest absolute Gasteiger partial charge is 0.356 e. The number of aromatic nitrogens is 2. The van der Waals surface area contributed by atoms with E-state index in [-0.39, 0.29) is 10.8 Å². The molecule has 9 heteroatoms. The molecule has 1 aromatic carbocycles. The first-order valence-corrected chi connectivity index (χ1v) is 8.89. The molecule has 0 saturated carbocycles. The van der Waals surface area contributed by atoms with Crippen LogP contribution < -0.4 is 15.8 Å². The van der Waals surface area contributed by atoms with E-state index in [9.17, 15) is 13.2 Å². The fraction of sp³-hybridized carbons (Fsp3) is 0.267. The van der Waals surface area contributed by atoms with Crippen LogP contribution in [0, 0.1) is 0 Å². The van der Waals surface area contributed by atoms with Gasteiger partial charge in [-0.1, -0.05) is 12.1 Å². The summed E-state index contributed by atoms with van der Waals surface area (Å²) in [5.74, 6) is 0.403. The van der Waals surface area contributed by atoms with Crippen molar-refractivity contribution in [3.8, 4) is 0 Å². The maximum Gasteiger partial charge on any atom is 0.238 e. The second kappa shape index (κ2) is 8.37. The third-order valence-corrected chi connectivity index (χ3v) is 4.12. The number of nitrogens with zero attached hydrogens (tertiary/aromatic N) is 2. The molecule has 128 valence electrons. The van der Waals surface area contributed by atoms with Gasteiger partial charge in [-0.15, -0.1) is 0 Å². The van der Waals surface area contributed by atoms with Gasteiger partial charge in [0.2, 0.25) is 21.9 Å². The molecule has 0 saturated heterocycles. The molecule has 0 unspecified atom stereocenters. The lowest BCUT2D eigenvalue weighted by molar-refractivity contribution is -0.120. The molecule has 1 aromatic heterocycles. The molecule has 8 nitrogen and oxygen atoms in total. The highest BCUT2D eigenvalue weighted by Crippen LogP contribution is 2.08. The molecule has 24 heavy (non-hydrogen) atoms. The number of hydrogen-bond donors (Lipinski definition) is 3. The Morgan fingerprint density at radius 1 is 1.08 bits per heavy atom. The lowest BCUT2D eigenvalue weighted by atomic mass is 10.1. The van der Waals surface area contributed by atoms with Gasteiger partial charge >= 0.3 is 0 Å². The van der Waals surface area contributed by atoms with Crippen LogP contribution in [-0.4, -0.2) is 37.4 Å². The van der Waals surface area contributed by atoms with Crippen molar-refractivity contribution in [1.82, 2.24) is 15.3 Å². The van der Waals surface area contributed by atoms with Crippen molar-refractivity contribution in [1.29, 1.82) is 0 Å². The molecule has 2 aromatic rings. The first-order chi connectivity index (χ1) is 11.4. The molecule has 2 rings (SSSR count). The number of primary sulfonamides is 1. The highest BCUT2D eigenvalue weighted by molar-refractivity contribution is 7.89. The fourth-order valence-electron chi connectivity index (χ4n) is 1.96. The monoisotopic (exact) mass is 349 g/mol. The minimum absolute atomic E-state index is 0.0736. The van der Waals surface area contributed by atoms with E-state index in [0.29, 0.717) is 31.9 Å². The average molecular weight is 349 g/mol. The van der Waals surface area contributed by atoms with E-state index < -0.39 is 10.0 Å². The molecule has 0 atom stereocenters.